The van der Waals surface area contributed by atoms with E-state index in [0.29, 0.717) is 32.4 Å². The molecule has 0 atom stereocenters. The molecule has 1 rings (SSSR count). The van der Waals surface area contributed by atoms with E-state index >= 15 is 0 Å². The van der Waals surface area contributed by atoms with Crippen molar-refractivity contribution in [1.29, 1.82) is 0 Å². The maximum Gasteiger partial charge on any atom is 0.222 e. The minimum Gasteiger partial charge on any atom is -0.356 e. The van der Waals surface area contributed by atoms with Gasteiger partial charge >= 0.3 is 0 Å². The molecule has 5 nitrogen and oxygen atoms in total. The first-order chi connectivity index (χ1) is 10.6. The van der Waals surface area contributed by atoms with E-state index in [9.17, 15) is 9.59 Å². The van der Waals surface area contributed by atoms with E-state index in [2.05, 4.69) is 5.32 Å². The van der Waals surface area contributed by atoms with Crippen LogP contribution in [0.3, 0.4) is 0 Å². The zero-order valence-corrected chi connectivity index (χ0v) is 15.6. The molecule has 0 bridgehead atoms. The third kappa shape index (κ3) is 7.53. The lowest BCUT2D eigenvalue weighted by Gasteiger charge is -2.35. The Labute approximate surface area is 147 Å². The summed E-state index contributed by atoms with van der Waals surface area (Å²) in [5.74, 6) is 0.257. The monoisotopic (exact) mass is 347 g/mol. The van der Waals surface area contributed by atoms with Gasteiger partial charge in [-0.1, -0.05) is 19.3 Å². The van der Waals surface area contributed by atoms with Gasteiger partial charge in [-0.3, -0.25) is 9.59 Å². The van der Waals surface area contributed by atoms with Gasteiger partial charge in [0.05, 0.1) is 0 Å². The zero-order valence-electron chi connectivity index (χ0n) is 14.7. The Morgan fingerprint density at radius 1 is 1.13 bits per heavy atom. The molecule has 0 aliphatic heterocycles. The van der Waals surface area contributed by atoms with E-state index in [0.717, 1.165) is 25.9 Å². The smallest absolute Gasteiger partial charge is 0.222 e. The van der Waals surface area contributed by atoms with Gasteiger partial charge in [0.25, 0.3) is 0 Å². The van der Waals surface area contributed by atoms with Gasteiger partial charge in [0.2, 0.25) is 11.8 Å². The summed E-state index contributed by atoms with van der Waals surface area (Å²) in [6, 6.07) is 0. The molecule has 0 radical (unpaired) electrons. The zero-order chi connectivity index (χ0) is 16.4. The standard InChI is InChI=1S/C17H33N3O2.ClH/c1-3-20(4-2)16(22)9-8-12-19-15(21)13-17(14-18)10-6-5-7-11-17;/h3-14,18H2,1-2H3,(H,19,21);1H. The molecule has 3 N–H and O–H groups in total. The van der Waals surface area contributed by atoms with Crippen molar-refractivity contribution in [2.45, 2.75) is 65.2 Å². The molecule has 0 heterocycles. The number of carbonyl (C=O) groups excluding carboxylic acids is 2. The van der Waals surface area contributed by atoms with Gasteiger partial charge in [-0.2, -0.15) is 0 Å². The topological polar surface area (TPSA) is 75.4 Å². The highest BCUT2D eigenvalue weighted by atomic mass is 35.5. The molecule has 1 saturated carbocycles. The number of nitrogens with one attached hydrogen (secondary N) is 1. The van der Waals surface area contributed by atoms with Crippen molar-refractivity contribution < 1.29 is 9.59 Å². The van der Waals surface area contributed by atoms with Crippen molar-refractivity contribution in [3.8, 4) is 0 Å². The predicted molar refractivity (Wildman–Crippen MR) is 96.6 cm³/mol. The molecule has 1 fully saturated rings. The maximum absolute atomic E-state index is 12.1. The van der Waals surface area contributed by atoms with Crippen molar-refractivity contribution in [1.82, 2.24) is 10.2 Å². The Kier molecular flexibility index (Phi) is 11.3. The summed E-state index contributed by atoms with van der Waals surface area (Å²) >= 11 is 0. The third-order valence-corrected chi connectivity index (χ3v) is 4.89. The second-order valence-corrected chi connectivity index (χ2v) is 6.46. The van der Waals surface area contributed by atoms with Gasteiger partial charge in [0.15, 0.2) is 0 Å². The molecule has 0 saturated heterocycles. The highest BCUT2D eigenvalue weighted by Crippen LogP contribution is 2.38. The number of rotatable bonds is 9. The number of halogens is 1. The second kappa shape index (κ2) is 11.7. The first kappa shape index (κ1) is 22.2. The molecule has 0 unspecified atom stereocenters. The molecule has 0 spiro atoms. The van der Waals surface area contributed by atoms with Crippen LogP contribution in [0.4, 0.5) is 0 Å². The van der Waals surface area contributed by atoms with Gasteiger partial charge in [-0.05, 0) is 45.1 Å². The SMILES string of the molecule is CCN(CC)C(=O)CCCNC(=O)CC1(CN)CCCCC1.Cl. The van der Waals surface area contributed by atoms with Crippen molar-refractivity contribution in [2.24, 2.45) is 11.1 Å². The number of hydrogen-bond donors (Lipinski definition) is 2. The van der Waals surface area contributed by atoms with Crippen molar-refractivity contribution in [2.75, 3.05) is 26.2 Å². The van der Waals surface area contributed by atoms with Crippen LogP contribution in [0.15, 0.2) is 0 Å². The predicted octanol–water partition coefficient (Wildman–Crippen LogP) is 2.47. The van der Waals surface area contributed by atoms with E-state index < -0.39 is 0 Å². The summed E-state index contributed by atoms with van der Waals surface area (Å²) in [7, 11) is 0. The molecule has 1 aliphatic carbocycles. The summed E-state index contributed by atoms with van der Waals surface area (Å²) in [4.78, 5) is 25.8. The van der Waals surface area contributed by atoms with E-state index in [1.165, 1.54) is 19.3 Å². The fourth-order valence-corrected chi connectivity index (χ4v) is 3.36. The van der Waals surface area contributed by atoms with Crippen LogP contribution in [-0.2, 0) is 9.59 Å². The molecule has 1 aliphatic rings. The fraction of sp³-hybridized carbons (Fsp3) is 0.882. The summed E-state index contributed by atoms with van der Waals surface area (Å²) in [5.41, 5.74) is 5.93. The summed E-state index contributed by atoms with van der Waals surface area (Å²) in [6.45, 7) is 6.65. The number of nitrogens with zero attached hydrogens (tertiary/aromatic N) is 1. The highest BCUT2D eigenvalue weighted by Gasteiger charge is 2.32. The first-order valence-electron chi connectivity index (χ1n) is 8.81. The Morgan fingerprint density at radius 2 is 1.74 bits per heavy atom. The lowest BCUT2D eigenvalue weighted by Crippen LogP contribution is -2.39. The molecule has 0 aromatic rings. The van der Waals surface area contributed by atoms with Crippen LogP contribution in [-0.4, -0.2) is 42.9 Å². The Hall–Kier alpha value is -0.810. The van der Waals surface area contributed by atoms with E-state index in [1.54, 1.807) is 0 Å². The normalized spacial score (nSPS) is 16.3. The van der Waals surface area contributed by atoms with E-state index in [1.807, 2.05) is 18.7 Å². The van der Waals surface area contributed by atoms with Gasteiger partial charge < -0.3 is 16.0 Å². The highest BCUT2D eigenvalue weighted by molar-refractivity contribution is 5.85. The second-order valence-electron chi connectivity index (χ2n) is 6.46. The molecule has 136 valence electrons. The van der Waals surface area contributed by atoms with Crippen LogP contribution >= 0.6 is 12.4 Å². The summed E-state index contributed by atoms with van der Waals surface area (Å²) in [5, 5.41) is 2.95. The largest absolute Gasteiger partial charge is 0.356 e. The lowest BCUT2D eigenvalue weighted by atomic mass is 9.71. The van der Waals surface area contributed by atoms with E-state index in [-0.39, 0.29) is 29.6 Å². The number of carbonyl (C=O) groups is 2. The number of nitrogens with two attached hydrogens (primary N) is 1. The van der Waals surface area contributed by atoms with Crippen LogP contribution in [0.1, 0.15) is 65.2 Å². The van der Waals surface area contributed by atoms with Crippen LogP contribution < -0.4 is 11.1 Å². The maximum atomic E-state index is 12.1. The Morgan fingerprint density at radius 3 is 2.26 bits per heavy atom. The van der Waals surface area contributed by atoms with Crippen LogP contribution in [0.2, 0.25) is 0 Å². The van der Waals surface area contributed by atoms with Gasteiger partial charge in [-0.15, -0.1) is 12.4 Å². The van der Waals surface area contributed by atoms with Crippen molar-refractivity contribution >= 4 is 24.2 Å². The lowest BCUT2D eigenvalue weighted by molar-refractivity contribution is -0.131. The molecular formula is C17H34ClN3O2. The summed E-state index contributed by atoms with van der Waals surface area (Å²) < 4.78 is 0. The number of hydrogen-bond acceptors (Lipinski definition) is 3. The minimum atomic E-state index is 0. The Balaban J connectivity index is 0.00000484. The fourth-order valence-electron chi connectivity index (χ4n) is 3.36. The molecule has 23 heavy (non-hydrogen) atoms. The van der Waals surface area contributed by atoms with Crippen molar-refractivity contribution in [3.63, 3.8) is 0 Å². The van der Waals surface area contributed by atoms with Crippen molar-refractivity contribution in [3.05, 3.63) is 0 Å². The van der Waals surface area contributed by atoms with Crippen LogP contribution in [0, 0.1) is 5.41 Å². The number of amides is 2. The quantitative estimate of drug-likeness (QED) is 0.629. The molecule has 2 amide bonds. The van der Waals surface area contributed by atoms with Gasteiger partial charge in [0.1, 0.15) is 0 Å². The average Bonchev–Trinajstić information content (AvgIpc) is 2.53. The average molecular weight is 348 g/mol. The molecule has 0 aromatic heterocycles. The van der Waals surface area contributed by atoms with E-state index in [4.69, 9.17) is 5.73 Å². The Bertz CT molecular complexity index is 354. The first-order valence-corrected chi connectivity index (χ1v) is 8.81. The third-order valence-electron chi connectivity index (χ3n) is 4.89. The van der Waals surface area contributed by atoms with Crippen LogP contribution in [0.25, 0.3) is 0 Å². The molecule has 0 aromatic carbocycles. The van der Waals surface area contributed by atoms with Gasteiger partial charge in [-0.25, -0.2) is 0 Å². The van der Waals surface area contributed by atoms with Crippen LogP contribution in [0.5, 0.6) is 0 Å². The molecule has 6 heteroatoms. The van der Waals surface area contributed by atoms with Gasteiger partial charge in [0, 0.05) is 32.5 Å². The molecular weight excluding hydrogens is 314 g/mol. The minimum absolute atomic E-state index is 0. The summed E-state index contributed by atoms with van der Waals surface area (Å²) in [6.07, 6.45) is 7.51.